The number of hydrogen-bond donors (Lipinski definition) is 0. The normalized spacial score (nSPS) is 22.1. The molecule has 0 bridgehead atoms. The van der Waals surface area contributed by atoms with E-state index in [9.17, 15) is 9.59 Å². The van der Waals surface area contributed by atoms with E-state index in [2.05, 4.69) is 48.4 Å². The Labute approximate surface area is 269 Å². The van der Waals surface area contributed by atoms with Gasteiger partial charge in [0.25, 0.3) is 0 Å². The van der Waals surface area contributed by atoms with Gasteiger partial charge in [0.1, 0.15) is 18.0 Å². The molecule has 3 aromatic rings. The maximum absolute atomic E-state index is 12.8. The van der Waals surface area contributed by atoms with Gasteiger partial charge in [0.15, 0.2) is 5.13 Å². The second kappa shape index (κ2) is 11.9. The van der Waals surface area contributed by atoms with E-state index in [1.807, 2.05) is 26.8 Å². The summed E-state index contributed by atoms with van der Waals surface area (Å²) in [6.45, 7) is 12.7. The number of aryl methyl sites for hydroxylation is 1. The molecule has 0 N–H and O–H groups in total. The van der Waals surface area contributed by atoms with Crippen LogP contribution in [0.5, 0.6) is 5.75 Å². The third kappa shape index (κ3) is 5.90. The highest BCUT2D eigenvalue weighted by Gasteiger charge is 2.71. The number of anilines is 1. The van der Waals surface area contributed by atoms with Crippen LogP contribution in [-0.4, -0.2) is 67.5 Å². The van der Waals surface area contributed by atoms with Crippen LogP contribution in [0.2, 0.25) is 0 Å². The molecule has 45 heavy (non-hydrogen) atoms. The van der Waals surface area contributed by atoms with Crippen molar-refractivity contribution in [2.45, 2.75) is 72.3 Å². The van der Waals surface area contributed by atoms with E-state index in [0.29, 0.717) is 26.3 Å². The van der Waals surface area contributed by atoms with Gasteiger partial charge >= 0.3 is 12.1 Å². The molecule has 10 heteroatoms. The van der Waals surface area contributed by atoms with Gasteiger partial charge in [-0.3, -0.25) is 4.79 Å². The number of rotatable bonds is 8. The highest BCUT2D eigenvalue weighted by molar-refractivity contribution is 7.14. The number of piperidine rings is 1. The number of aromatic nitrogens is 1. The lowest BCUT2D eigenvalue weighted by atomic mass is 9.92. The number of carbonyl (C=O) groups excluding carboxylic acids is 2. The smallest absolute Gasteiger partial charge is 0.410 e. The monoisotopic (exact) mass is 633 g/mol. The van der Waals surface area contributed by atoms with Crippen LogP contribution in [0.15, 0.2) is 35.7 Å². The Bertz CT molecular complexity index is 1610. The molecule has 6 rings (SSSR count). The van der Waals surface area contributed by atoms with Gasteiger partial charge in [0.2, 0.25) is 0 Å². The fourth-order valence-electron chi connectivity index (χ4n) is 6.98. The number of nitrogens with zero attached hydrogens (tertiary/aromatic N) is 3. The van der Waals surface area contributed by atoms with Crippen molar-refractivity contribution in [2.75, 3.05) is 38.8 Å². The second-order valence-electron chi connectivity index (χ2n) is 13.5. The van der Waals surface area contributed by atoms with Crippen molar-refractivity contribution in [2.24, 2.45) is 11.3 Å². The molecule has 2 aromatic carbocycles. The summed E-state index contributed by atoms with van der Waals surface area (Å²) >= 11 is 1.58. The molecule has 0 spiro atoms. The zero-order chi connectivity index (χ0) is 32.1. The van der Waals surface area contributed by atoms with E-state index in [-0.39, 0.29) is 24.0 Å². The number of amides is 1. The van der Waals surface area contributed by atoms with Crippen molar-refractivity contribution in [1.82, 2.24) is 9.88 Å². The maximum Gasteiger partial charge on any atom is 0.410 e. The minimum atomic E-state index is -0.516. The van der Waals surface area contributed by atoms with Crippen LogP contribution in [0.1, 0.15) is 55.0 Å². The molecule has 2 aliphatic heterocycles. The van der Waals surface area contributed by atoms with Crippen molar-refractivity contribution in [3.05, 3.63) is 63.5 Å². The molecular formula is C35H43N3O6S. The first kappa shape index (κ1) is 31.4. The summed E-state index contributed by atoms with van der Waals surface area (Å²) in [7, 11) is 3.14. The summed E-state index contributed by atoms with van der Waals surface area (Å²) in [5.74, 6) is 0.881. The SMILES string of the molecule is COC[C@H]1N(c2nc(-c3cc(C)ccc3OCc3ccc4c(c3C)CCN(C(=O)OC(C)(C)C)C4)cs2)C[C@@H]2C[C@@]21C(=O)OC. The maximum atomic E-state index is 12.8. The fraction of sp³-hybridized carbons (Fsp3) is 0.514. The van der Waals surface area contributed by atoms with E-state index in [1.54, 1.807) is 23.3 Å². The Morgan fingerprint density at radius 1 is 1.13 bits per heavy atom. The van der Waals surface area contributed by atoms with Gasteiger partial charge in [-0.1, -0.05) is 23.8 Å². The number of thiazole rings is 1. The molecule has 0 radical (unpaired) electrons. The lowest BCUT2D eigenvalue weighted by Crippen LogP contribution is -2.44. The Morgan fingerprint density at radius 3 is 2.67 bits per heavy atom. The van der Waals surface area contributed by atoms with Gasteiger partial charge in [0, 0.05) is 37.7 Å². The molecule has 1 saturated heterocycles. The molecule has 240 valence electrons. The molecule has 3 aliphatic rings. The molecule has 1 aliphatic carbocycles. The Balaban J connectivity index is 1.18. The number of benzene rings is 2. The van der Waals surface area contributed by atoms with E-state index < -0.39 is 11.0 Å². The Hall–Kier alpha value is -3.63. The molecule has 1 saturated carbocycles. The van der Waals surface area contributed by atoms with E-state index in [0.717, 1.165) is 58.2 Å². The molecule has 2 fully saturated rings. The topological polar surface area (TPSA) is 90.4 Å². The van der Waals surface area contributed by atoms with Crippen molar-refractivity contribution < 1.29 is 28.5 Å². The predicted octanol–water partition coefficient (Wildman–Crippen LogP) is 6.31. The van der Waals surface area contributed by atoms with E-state index in [1.165, 1.54) is 18.2 Å². The van der Waals surface area contributed by atoms with Crippen LogP contribution in [0, 0.1) is 25.2 Å². The van der Waals surface area contributed by atoms with Crippen LogP contribution < -0.4 is 9.64 Å². The van der Waals surface area contributed by atoms with Crippen molar-refractivity contribution >= 4 is 28.5 Å². The fourth-order valence-corrected chi connectivity index (χ4v) is 7.87. The average molecular weight is 634 g/mol. The predicted molar refractivity (Wildman–Crippen MR) is 174 cm³/mol. The first-order chi connectivity index (χ1) is 21.4. The van der Waals surface area contributed by atoms with Gasteiger partial charge in [0.05, 0.1) is 30.9 Å². The molecule has 1 amide bonds. The van der Waals surface area contributed by atoms with Crippen molar-refractivity contribution in [3.8, 4) is 17.0 Å². The number of fused-ring (bicyclic) bond motifs is 2. The lowest BCUT2D eigenvalue weighted by Gasteiger charge is -2.32. The average Bonchev–Trinajstić information content (AvgIpc) is 3.35. The number of methoxy groups -OCH3 is 2. The molecule has 3 atom stereocenters. The van der Waals surface area contributed by atoms with E-state index >= 15 is 0 Å². The zero-order valence-corrected chi connectivity index (χ0v) is 28.1. The van der Waals surface area contributed by atoms with Crippen LogP contribution in [0.4, 0.5) is 9.93 Å². The summed E-state index contributed by atoms with van der Waals surface area (Å²) in [6, 6.07) is 10.3. The standard InChI is InChI=1S/C35H43N3O6S/c1-21-8-11-29(43-18-24-10-9-23-16-37(13-12-26(23)22(24)2)33(40)44-34(3,4)5)27(14-21)28-20-45-32(36-28)38-17-25-15-35(25,31(39)42-7)30(38)19-41-6/h8-11,14,20,25,30H,12-13,15-19H2,1-7H3/t25-,30+,35+/m0/s1. The molecule has 9 nitrogen and oxygen atoms in total. The van der Waals surface area contributed by atoms with Crippen molar-refractivity contribution in [1.29, 1.82) is 0 Å². The summed E-state index contributed by atoms with van der Waals surface area (Å²) in [4.78, 5) is 34.5. The van der Waals surface area contributed by atoms with Gasteiger partial charge in [-0.15, -0.1) is 11.3 Å². The summed E-state index contributed by atoms with van der Waals surface area (Å²) in [5.41, 5.74) is 6.65. The van der Waals surface area contributed by atoms with Gasteiger partial charge in [-0.2, -0.15) is 0 Å². The first-order valence-electron chi connectivity index (χ1n) is 15.6. The summed E-state index contributed by atoms with van der Waals surface area (Å²) < 4.78 is 22.8. The highest BCUT2D eigenvalue weighted by Crippen LogP contribution is 2.63. The quantitative estimate of drug-likeness (QED) is 0.267. The van der Waals surface area contributed by atoms with Crippen molar-refractivity contribution in [3.63, 3.8) is 0 Å². The zero-order valence-electron chi connectivity index (χ0n) is 27.3. The summed E-state index contributed by atoms with van der Waals surface area (Å²) in [6.07, 6.45) is 1.35. The minimum absolute atomic E-state index is 0.102. The number of esters is 1. The molecule has 1 aromatic heterocycles. The molecular weight excluding hydrogens is 590 g/mol. The molecule has 3 heterocycles. The molecule has 0 unspecified atom stereocenters. The minimum Gasteiger partial charge on any atom is -0.488 e. The van der Waals surface area contributed by atoms with Gasteiger partial charge < -0.3 is 28.7 Å². The van der Waals surface area contributed by atoms with E-state index in [4.69, 9.17) is 23.9 Å². The lowest BCUT2D eigenvalue weighted by molar-refractivity contribution is -0.148. The third-order valence-electron chi connectivity index (χ3n) is 9.41. The van der Waals surface area contributed by atoms with Crippen LogP contribution in [0.3, 0.4) is 0 Å². The van der Waals surface area contributed by atoms with Crippen LogP contribution in [-0.2, 0) is 38.6 Å². The first-order valence-corrected chi connectivity index (χ1v) is 16.4. The van der Waals surface area contributed by atoms with Crippen LogP contribution >= 0.6 is 11.3 Å². The highest BCUT2D eigenvalue weighted by atomic mass is 32.1. The second-order valence-corrected chi connectivity index (χ2v) is 14.3. The third-order valence-corrected chi connectivity index (χ3v) is 10.3. The van der Waals surface area contributed by atoms with Crippen LogP contribution in [0.25, 0.3) is 11.3 Å². The van der Waals surface area contributed by atoms with Gasteiger partial charge in [-0.05, 0) is 87.8 Å². The van der Waals surface area contributed by atoms with Gasteiger partial charge in [-0.25, -0.2) is 9.78 Å². The Kier molecular flexibility index (Phi) is 8.33. The number of hydrogen-bond acceptors (Lipinski definition) is 9. The number of ether oxygens (including phenoxy) is 4. The largest absolute Gasteiger partial charge is 0.488 e. The number of carbonyl (C=O) groups is 2. The Morgan fingerprint density at radius 2 is 1.93 bits per heavy atom. The summed E-state index contributed by atoms with van der Waals surface area (Å²) in [5, 5.41) is 2.94.